The number of carboxylic acid groups (broad SMARTS) is 1. The SMILES string of the molecule is C[C@]1(C(F)F)C[C@H]1C(=O)O. The standard InChI is InChI=1S/C6H8F2O2/c1-6(5(7)8)2-3(6)4(9)10/h3,5H,2H2,1H3,(H,9,10)/t3-,6-/m0/s1. The predicted octanol–water partition coefficient (Wildman–Crippen LogP) is 1.36. The normalized spacial score (nSPS) is 38.2. The van der Waals surface area contributed by atoms with Crippen LogP contribution in [0.4, 0.5) is 8.78 Å². The van der Waals surface area contributed by atoms with Crippen molar-refractivity contribution in [1.29, 1.82) is 0 Å². The van der Waals surface area contributed by atoms with Crippen molar-refractivity contribution >= 4 is 5.97 Å². The van der Waals surface area contributed by atoms with E-state index in [4.69, 9.17) is 5.11 Å². The van der Waals surface area contributed by atoms with Crippen molar-refractivity contribution in [2.75, 3.05) is 0 Å². The number of rotatable bonds is 2. The monoisotopic (exact) mass is 150 g/mol. The van der Waals surface area contributed by atoms with E-state index in [1.807, 2.05) is 0 Å². The van der Waals surface area contributed by atoms with Crippen molar-refractivity contribution in [2.45, 2.75) is 19.8 Å². The van der Waals surface area contributed by atoms with Crippen LogP contribution in [0.2, 0.25) is 0 Å². The van der Waals surface area contributed by atoms with Gasteiger partial charge in [-0.2, -0.15) is 0 Å². The molecule has 0 unspecified atom stereocenters. The molecule has 0 aromatic heterocycles. The maximum atomic E-state index is 12.0. The van der Waals surface area contributed by atoms with Crippen molar-refractivity contribution in [3.05, 3.63) is 0 Å². The summed E-state index contributed by atoms with van der Waals surface area (Å²) in [5, 5.41) is 8.30. The van der Waals surface area contributed by atoms with Gasteiger partial charge in [-0.25, -0.2) is 8.78 Å². The molecule has 0 bridgehead atoms. The van der Waals surface area contributed by atoms with Crippen molar-refractivity contribution in [3.63, 3.8) is 0 Å². The Hall–Kier alpha value is -0.670. The van der Waals surface area contributed by atoms with Crippen LogP contribution in [0.3, 0.4) is 0 Å². The van der Waals surface area contributed by atoms with Crippen molar-refractivity contribution < 1.29 is 18.7 Å². The second kappa shape index (κ2) is 1.90. The minimum Gasteiger partial charge on any atom is -0.481 e. The third-order valence-corrected chi connectivity index (χ3v) is 2.08. The zero-order valence-electron chi connectivity index (χ0n) is 5.47. The number of halogens is 2. The molecule has 0 saturated heterocycles. The summed E-state index contributed by atoms with van der Waals surface area (Å²) >= 11 is 0. The fourth-order valence-corrected chi connectivity index (χ4v) is 0.991. The number of hydrogen-bond donors (Lipinski definition) is 1. The number of aliphatic carboxylic acids is 1. The van der Waals surface area contributed by atoms with Crippen LogP contribution < -0.4 is 0 Å². The Kier molecular flexibility index (Phi) is 1.42. The zero-order chi connectivity index (χ0) is 7.94. The molecule has 0 aliphatic heterocycles. The first kappa shape index (κ1) is 7.44. The Morgan fingerprint density at radius 3 is 2.40 bits per heavy atom. The molecule has 0 aromatic carbocycles. The maximum Gasteiger partial charge on any atom is 0.307 e. The quantitative estimate of drug-likeness (QED) is 0.645. The molecule has 2 atom stereocenters. The summed E-state index contributed by atoms with van der Waals surface area (Å²) in [5.74, 6) is -1.93. The van der Waals surface area contributed by atoms with Crippen LogP contribution >= 0.6 is 0 Å². The van der Waals surface area contributed by atoms with Gasteiger partial charge in [0.1, 0.15) is 0 Å². The van der Waals surface area contributed by atoms with Gasteiger partial charge in [0.15, 0.2) is 0 Å². The molecule has 58 valence electrons. The van der Waals surface area contributed by atoms with E-state index in [1.165, 1.54) is 6.92 Å². The minimum absolute atomic E-state index is 0.111. The highest BCUT2D eigenvalue weighted by atomic mass is 19.3. The molecule has 0 amide bonds. The van der Waals surface area contributed by atoms with E-state index in [0.717, 1.165) is 0 Å². The highest BCUT2D eigenvalue weighted by Crippen LogP contribution is 2.56. The summed E-state index contributed by atoms with van der Waals surface area (Å²) in [6.45, 7) is 1.30. The Morgan fingerprint density at radius 2 is 2.30 bits per heavy atom. The second-order valence-corrected chi connectivity index (χ2v) is 2.90. The maximum absolute atomic E-state index is 12.0. The predicted molar refractivity (Wildman–Crippen MR) is 29.9 cm³/mol. The summed E-state index contributed by atoms with van der Waals surface area (Å²) in [6, 6.07) is 0. The van der Waals surface area contributed by atoms with Crippen LogP contribution in [-0.2, 0) is 4.79 Å². The number of carbonyl (C=O) groups is 1. The van der Waals surface area contributed by atoms with Gasteiger partial charge in [-0.15, -0.1) is 0 Å². The van der Waals surface area contributed by atoms with E-state index in [0.29, 0.717) is 0 Å². The fraction of sp³-hybridized carbons (Fsp3) is 0.833. The van der Waals surface area contributed by atoms with Crippen LogP contribution in [-0.4, -0.2) is 17.5 Å². The lowest BCUT2D eigenvalue weighted by Gasteiger charge is -2.05. The van der Waals surface area contributed by atoms with E-state index in [-0.39, 0.29) is 6.42 Å². The molecule has 10 heavy (non-hydrogen) atoms. The molecule has 1 N–H and O–H groups in total. The summed E-state index contributed by atoms with van der Waals surface area (Å²) in [7, 11) is 0. The Bertz CT molecular complexity index is 169. The van der Waals surface area contributed by atoms with Crippen LogP contribution in [0.15, 0.2) is 0 Å². The van der Waals surface area contributed by atoms with Crippen LogP contribution in [0, 0.1) is 11.3 Å². The summed E-state index contributed by atoms with van der Waals surface area (Å²) in [6.07, 6.45) is -2.39. The third-order valence-electron chi connectivity index (χ3n) is 2.08. The third kappa shape index (κ3) is 0.874. The molecule has 1 rings (SSSR count). The Morgan fingerprint density at radius 1 is 1.80 bits per heavy atom. The van der Waals surface area contributed by atoms with E-state index < -0.39 is 23.7 Å². The number of hydrogen-bond acceptors (Lipinski definition) is 1. The molecule has 1 fully saturated rings. The molecular weight excluding hydrogens is 142 g/mol. The van der Waals surface area contributed by atoms with E-state index >= 15 is 0 Å². The van der Waals surface area contributed by atoms with Gasteiger partial charge in [-0.3, -0.25) is 4.79 Å². The number of alkyl halides is 2. The molecule has 0 aromatic rings. The highest BCUT2D eigenvalue weighted by Gasteiger charge is 2.61. The molecule has 2 nitrogen and oxygen atoms in total. The lowest BCUT2D eigenvalue weighted by atomic mass is 10.1. The van der Waals surface area contributed by atoms with E-state index in [9.17, 15) is 13.6 Å². The summed E-state index contributed by atoms with van der Waals surface area (Å²) in [4.78, 5) is 10.1. The summed E-state index contributed by atoms with van der Waals surface area (Å²) in [5.41, 5.74) is -1.24. The molecule has 0 spiro atoms. The van der Waals surface area contributed by atoms with E-state index in [1.54, 1.807) is 0 Å². The van der Waals surface area contributed by atoms with Gasteiger partial charge in [0, 0.05) is 5.41 Å². The van der Waals surface area contributed by atoms with Gasteiger partial charge in [-0.05, 0) is 6.42 Å². The Balaban J connectivity index is 2.56. The average Bonchev–Trinajstić information content (AvgIpc) is 2.43. The summed E-state index contributed by atoms with van der Waals surface area (Å²) < 4.78 is 23.9. The second-order valence-electron chi connectivity index (χ2n) is 2.90. The first-order valence-electron chi connectivity index (χ1n) is 2.99. The van der Waals surface area contributed by atoms with Gasteiger partial charge in [0.25, 0.3) is 0 Å². The molecule has 0 heterocycles. The average molecular weight is 150 g/mol. The molecule has 4 heteroatoms. The van der Waals surface area contributed by atoms with Crippen LogP contribution in [0.5, 0.6) is 0 Å². The molecule has 0 radical (unpaired) electrons. The van der Waals surface area contributed by atoms with Gasteiger partial charge in [0.05, 0.1) is 5.92 Å². The highest BCUT2D eigenvalue weighted by molar-refractivity contribution is 5.74. The smallest absolute Gasteiger partial charge is 0.307 e. The van der Waals surface area contributed by atoms with Crippen molar-refractivity contribution in [2.24, 2.45) is 11.3 Å². The number of carboxylic acids is 1. The molecule has 1 saturated carbocycles. The molecular formula is C6H8F2O2. The van der Waals surface area contributed by atoms with E-state index in [2.05, 4.69) is 0 Å². The fourth-order valence-electron chi connectivity index (χ4n) is 0.991. The molecule has 1 aliphatic carbocycles. The topological polar surface area (TPSA) is 37.3 Å². The van der Waals surface area contributed by atoms with Crippen molar-refractivity contribution in [3.8, 4) is 0 Å². The lowest BCUT2D eigenvalue weighted by molar-refractivity contribution is -0.140. The van der Waals surface area contributed by atoms with Crippen LogP contribution in [0.1, 0.15) is 13.3 Å². The van der Waals surface area contributed by atoms with Gasteiger partial charge in [0.2, 0.25) is 6.43 Å². The minimum atomic E-state index is -2.51. The Labute approximate surface area is 56.8 Å². The zero-order valence-corrected chi connectivity index (χ0v) is 5.47. The van der Waals surface area contributed by atoms with Gasteiger partial charge >= 0.3 is 5.97 Å². The van der Waals surface area contributed by atoms with Gasteiger partial charge in [-0.1, -0.05) is 6.92 Å². The first-order chi connectivity index (χ1) is 4.48. The molecule has 1 aliphatic rings. The van der Waals surface area contributed by atoms with Crippen molar-refractivity contribution in [1.82, 2.24) is 0 Å². The van der Waals surface area contributed by atoms with Gasteiger partial charge < -0.3 is 5.11 Å². The largest absolute Gasteiger partial charge is 0.481 e. The first-order valence-corrected chi connectivity index (χ1v) is 2.99. The lowest BCUT2D eigenvalue weighted by Crippen LogP contribution is -2.14. The van der Waals surface area contributed by atoms with Crippen LogP contribution in [0.25, 0.3) is 0 Å².